The van der Waals surface area contributed by atoms with E-state index in [0.717, 1.165) is 32.1 Å². The normalized spacial score (nSPS) is 24.8. The number of nitrogens with one attached hydrogen (secondary N) is 1. The molecule has 1 unspecified atom stereocenters. The molecule has 18 heavy (non-hydrogen) atoms. The molecule has 1 rings (SSSR count). The predicted molar refractivity (Wildman–Crippen MR) is 70.2 cm³/mol. The van der Waals surface area contributed by atoms with Gasteiger partial charge in [-0.25, -0.2) is 0 Å². The number of carbonyl (C=O) groups excluding carboxylic acids is 1. The van der Waals surface area contributed by atoms with Crippen LogP contribution in [-0.2, 0) is 9.59 Å². The van der Waals surface area contributed by atoms with Gasteiger partial charge in [-0.15, -0.1) is 0 Å². The number of carbonyl (C=O) groups is 2. The van der Waals surface area contributed by atoms with Gasteiger partial charge >= 0.3 is 5.97 Å². The first-order chi connectivity index (χ1) is 8.58. The summed E-state index contributed by atoms with van der Waals surface area (Å²) in [6, 6.07) is 0.0641. The smallest absolute Gasteiger partial charge is 0.306 e. The summed E-state index contributed by atoms with van der Waals surface area (Å²) in [5.41, 5.74) is 0. The average molecular weight is 255 g/mol. The van der Waals surface area contributed by atoms with Crippen molar-refractivity contribution in [3.05, 3.63) is 0 Å². The Kier molecular flexibility index (Phi) is 6.16. The van der Waals surface area contributed by atoms with Crippen LogP contribution in [0.2, 0.25) is 0 Å². The molecule has 0 radical (unpaired) electrons. The van der Waals surface area contributed by atoms with Gasteiger partial charge in [-0.3, -0.25) is 9.59 Å². The second-order valence-electron chi connectivity index (χ2n) is 5.30. The molecule has 4 heteroatoms. The second-order valence-corrected chi connectivity index (χ2v) is 5.30. The largest absolute Gasteiger partial charge is 0.481 e. The Hall–Kier alpha value is -1.06. The zero-order valence-electron chi connectivity index (χ0n) is 11.4. The van der Waals surface area contributed by atoms with Crippen molar-refractivity contribution < 1.29 is 14.7 Å². The highest BCUT2D eigenvalue weighted by molar-refractivity contribution is 5.79. The van der Waals surface area contributed by atoms with Crippen LogP contribution in [0.1, 0.15) is 58.8 Å². The third-order valence-corrected chi connectivity index (χ3v) is 3.90. The molecular weight excluding hydrogens is 230 g/mol. The number of carboxylic acids is 1. The van der Waals surface area contributed by atoms with Crippen LogP contribution in [-0.4, -0.2) is 23.0 Å². The minimum Gasteiger partial charge on any atom is -0.481 e. The van der Waals surface area contributed by atoms with Gasteiger partial charge in [0, 0.05) is 12.0 Å². The molecular formula is C14H25NO3. The number of unbranched alkanes of at least 4 members (excludes halogenated alkanes) is 1. The molecule has 0 aromatic carbocycles. The van der Waals surface area contributed by atoms with Gasteiger partial charge in [0.05, 0.1) is 5.92 Å². The van der Waals surface area contributed by atoms with Gasteiger partial charge in [-0.05, 0) is 32.1 Å². The van der Waals surface area contributed by atoms with Crippen molar-refractivity contribution in [1.82, 2.24) is 5.32 Å². The lowest BCUT2D eigenvalue weighted by atomic mass is 9.98. The Balaban J connectivity index is 2.37. The lowest BCUT2D eigenvalue weighted by molar-refractivity contribution is -0.141. The molecule has 1 aliphatic rings. The molecule has 0 bridgehead atoms. The summed E-state index contributed by atoms with van der Waals surface area (Å²) in [4.78, 5) is 22.9. The van der Waals surface area contributed by atoms with Crippen LogP contribution in [0.3, 0.4) is 0 Å². The van der Waals surface area contributed by atoms with Crippen LogP contribution in [0.5, 0.6) is 0 Å². The fraction of sp³-hybridized carbons (Fsp3) is 0.857. The maximum Gasteiger partial charge on any atom is 0.306 e. The topological polar surface area (TPSA) is 66.4 Å². The maximum atomic E-state index is 12.1. The number of amides is 1. The zero-order chi connectivity index (χ0) is 13.5. The first-order valence-electron chi connectivity index (χ1n) is 7.11. The second kappa shape index (κ2) is 7.39. The first kappa shape index (κ1) is 15.0. The van der Waals surface area contributed by atoms with E-state index in [9.17, 15) is 9.59 Å². The Bertz CT molecular complexity index is 291. The van der Waals surface area contributed by atoms with E-state index in [4.69, 9.17) is 5.11 Å². The fourth-order valence-electron chi connectivity index (χ4n) is 2.63. The van der Waals surface area contributed by atoms with Crippen LogP contribution in [0, 0.1) is 11.8 Å². The quantitative estimate of drug-likeness (QED) is 0.734. The van der Waals surface area contributed by atoms with Gasteiger partial charge in [0.1, 0.15) is 0 Å². The highest BCUT2D eigenvalue weighted by Crippen LogP contribution is 2.26. The van der Waals surface area contributed by atoms with E-state index in [-0.39, 0.29) is 23.8 Å². The first-order valence-corrected chi connectivity index (χ1v) is 7.11. The third-order valence-electron chi connectivity index (χ3n) is 3.90. The van der Waals surface area contributed by atoms with Gasteiger partial charge in [0.2, 0.25) is 5.91 Å². The van der Waals surface area contributed by atoms with Crippen molar-refractivity contribution in [1.29, 1.82) is 0 Å². The van der Waals surface area contributed by atoms with E-state index in [1.165, 1.54) is 0 Å². The van der Waals surface area contributed by atoms with Crippen LogP contribution in [0.15, 0.2) is 0 Å². The Labute approximate surface area is 109 Å². The van der Waals surface area contributed by atoms with Gasteiger partial charge in [0.25, 0.3) is 0 Å². The fourth-order valence-corrected chi connectivity index (χ4v) is 2.63. The summed E-state index contributed by atoms with van der Waals surface area (Å²) in [5.74, 6) is -0.799. The SMILES string of the molecule is CCCCC(CC)C(=O)N[C@@H]1CC[C@H](C(=O)O)C1. The number of aliphatic carboxylic acids is 1. The monoisotopic (exact) mass is 255 g/mol. The molecule has 2 N–H and O–H groups in total. The lowest BCUT2D eigenvalue weighted by Crippen LogP contribution is -2.37. The predicted octanol–water partition coefficient (Wildman–Crippen LogP) is 2.57. The van der Waals surface area contributed by atoms with Crippen molar-refractivity contribution in [2.24, 2.45) is 11.8 Å². The molecule has 0 aromatic heterocycles. The van der Waals surface area contributed by atoms with E-state index >= 15 is 0 Å². The third kappa shape index (κ3) is 4.31. The Morgan fingerprint density at radius 1 is 1.33 bits per heavy atom. The van der Waals surface area contributed by atoms with E-state index in [1.54, 1.807) is 0 Å². The van der Waals surface area contributed by atoms with Gasteiger partial charge in [-0.1, -0.05) is 26.7 Å². The lowest BCUT2D eigenvalue weighted by Gasteiger charge is -2.18. The van der Waals surface area contributed by atoms with E-state index in [0.29, 0.717) is 12.8 Å². The van der Waals surface area contributed by atoms with E-state index in [1.807, 2.05) is 6.92 Å². The molecule has 0 aromatic rings. The molecule has 1 aliphatic carbocycles. The standard InChI is InChI=1S/C14H25NO3/c1-3-5-6-10(4-2)13(16)15-12-8-7-11(9-12)14(17)18/h10-12H,3-9H2,1-2H3,(H,15,16)(H,17,18)/t10?,11-,12+/m0/s1. The number of hydrogen-bond acceptors (Lipinski definition) is 2. The molecule has 1 fully saturated rings. The molecule has 0 spiro atoms. The highest BCUT2D eigenvalue weighted by atomic mass is 16.4. The van der Waals surface area contributed by atoms with Gasteiger partial charge in [-0.2, -0.15) is 0 Å². The van der Waals surface area contributed by atoms with Crippen LogP contribution >= 0.6 is 0 Å². The minimum absolute atomic E-state index is 0.0641. The van der Waals surface area contributed by atoms with Crippen LogP contribution in [0.25, 0.3) is 0 Å². The molecule has 3 atom stereocenters. The highest BCUT2D eigenvalue weighted by Gasteiger charge is 2.31. The molecule has 0 saturated heterocycles. The zero-order valence-corrected chi connectivity index (χ0v) is 11.4. The molecule has 0 heterocycles. The average Bonchev–Trinajstić information content (AvgIpc) is 2.78. The number of rotatable bonds is 7. The Morgan fingerprint density at radius 3 is 2.56 bits per heavy atom. The van der Waals surface area contributed by atoms with Crippen molar-refractivity contribution >= 4 is 11.9 Å². The summed E-state index contributed by atoms with van der Waals surface area (Å²) in [6.45, 7) is 4.16. The number of carboxylic acid groups (broad SMARTS) is 1. The Morgan fingerprint density at radius 2 is 2.06 bits per heavy atom. The summed E-state index contributed by atoms with van der Waals surface area (Å²) in [7, 11) is 0. The summed E-state index contributed by atoms with van der Waals surface area (Å²) in [5, 5.41) is 11.9. The maximum absolute atomic E-state index is 12.1. The molecule has 1 amide bonds. The van der Waals surface area contributed by atoms with Crippen LogP contribution in [0.4, 0.5) is 0 Å². The van der Waals surface area contributed by atoms with E-state index < -0.39 is 5.97 Å². The minimum atomic E-state index is -0.732. The van der Waals surface area contributed by atoms with Gasteiger partial charge < -0.3 is 10.4 Å². The molecule has 104 valence electrons. The van der Waals surface area contributed by atoms with Crippen molar-refractivity contribution in [2.45, 2.75) is 64.8 Å². The molecule has 1 saturated carbocycles. The number of hydrogen-bond donors (Lipinski definition) is 2. The van der Waals surface area contributed by atoms with Crippen molar-refractivity contribution in [3.63, 3.8) is 0 Å². The molecule has 0 aliphatic heterocycles. The van der Waals surface area contributed by atoms with Crippen LogP contribution < -0.4 is 5.32 Å². The van der Waals surface area contributed by atoms with Crippen molar-refractivity contribution in [3.8, 4) is 0 Å². The van der Waals surface area contributed by atoms with Crippen molar-refractivity contribution in [2.75, 3.05) is 0 Å². The van der Waals surface area contributed by atoms with Gasteiger partial charge in [0.15, 0.2) is 0 Å². The van der Waals surface area contributed by atoms with E-state index in [2.05, 4.69) is 12.2 Å². The summed E-state index contributed by atoms with van der Waals surface area (Å²) >= 11 is 0. The molecule has 4 nitrogen and oxygen atoms in total. The summed E-state index contributed by atoms with van der Waals surface area (Å²) in [6.07, 6.45) is 6.06. The summed E-state index contributed by atoms with van der Waals surface area (Å²) < 4.78 is 0.